The fourth-order valence-electron chi connectivity index (χ4n) is 5.15. The molecule has 0 aliphatic heterocycles. The lowest BCUT2D eigenvalue weighted by atomic mass is 9.93. The van der Waals surface area contributed by atoms with Crippen LogP contribution in [0.3, 0.4) is 0 Å². The van der Waals surface area contributed by atoms with E-state index in [2.05, 4.69) is 21.9 Å². The van der Waals surface area contributed by atoms with Gasteiger partial charge in [-0.3, -0.25) is 9.59 Å². The lowest BCUT2D eigenvalue weighted by molar-refractivity contribution is -0.120. The Hall–Kier alpha value is -4.13. The van der Waals surface area contributed by atoms with Crippen molar-refractivity contribution in [2.45, 2.75) is 60.3 Å². The van der Waals surface area contributed by atoms with E-state index >= 15 is 0 Å². The van der Waals surface area contributed by atoms with Crippen LogP contribution in [-0.2, 0) is 17.6 Å². The molecule has 7 heteroatoms. The molecule has 7 nitrogen and oxygen atoms in total. The second-order valence-electron chi connectivity index (χ2n) is 9.97. The molecule has 2 aromatic heterocycles. The highest BCUT2D eigenvalue weighted by Gasteiger charge is 2.28. The number of aryl methyl sites for hydroxylation is 5. The number of anilines is 1. The molecule has 1 aliphatic carbocycles. The molecular formula is C30H31N3O4. The van der Waals surface area contributed by atoms with Gasteiger partial charge in [-0.1, -0.05) is 18.2 Å². The number of hydrazone groups is 1. The van der Waals surface area contributed by atoms with Crippen LogP contribution in [0.2, 0.25) is 0 Å². The Balaban J connectivity index is 1.35. The van der Waals surface area contributed by atoms with E-state index in [1.807, 2.05) is 58.9 Å². The van der Waals surface area contributed by atoms with Crippen molar-refractivity contribution in [3.05, 3.63) is 87.1 Å². The van der Waals surface area contributed by atoms with Crippen LogP contribution in [-0.4, -0.2) is 17.5 Å². The molecule has 190 valence electrons. The second kappa shape index (κ2) is 9.73. The monoisotopic (exact) mass is 497 g/mol. The third-order valence-electron chi connectivity index (χ3n) is 6.93. The number of hydrogen-bond donors (Lipinski definition) is 2. The number of carbonyl (C=O) groups excluding carboxylic acids is 2. The van der Waals surface area contributed by atoms with Gasteiger partial charge in [0.1, 0.15) is 11.3 Å². The van der Waals surface area contributed by atoms with Crippen LogP contribution < -0.4 is 10.7 Å². The summed E-state index contributed by atoms with van der Waals surface area (Å²) in [4.78, 5) is 25.9. The smallest absolute Gasteiger partial charge is 0.291 e. The molecule has 0 unspecified atom stereocenters. The zero-order valence-electron chi connectivity index (χ0n) is 21.9. The zero-order valence-corrected chi connectivity index (χ0v) is 21.9. The van der Waals surface area contributed by atoms with Crippen molar-refractivity contribution >= 4 is 34.2 Å². The lowest BCUT2D eigenvalue weighted by Gasteiger charge is -2.13. The molecule has 2 N–H and O–H groups in total. The van der Waals surface area contributed by atoms with E-state index in [0.717, 1.165) is 79.9 Å². The largest absolute Gasteiger partial charge is 0.464 e. The molecular weight excluding hydrogens is 466 g/mol. The van der Waals surface area contributed by atoms with Crippen molar-refractivity contribution < 1.29 is 18.4 Å². The normalized spacial score (nSPS) is 14.1. The molecule has 0 bridgehead atoms. The van der Waals surface area contributed by atoms with Crippen LogP contribution in [0.1, 0.15) is 68.1 Å². The predicted molar refractivity (Wildman–Crippen MR) is 144 cm³/mol. The maximum absolute atomic E-state index is 13.1. The first-order valence-corrected chi connectivity index (χ1v) is 12.5. The summed E-state index contributed by atoms with van der Waals surface area (Å²) in [6.07, 6.45) is 4.05. The first-order valence-electron chi connectivity index (χ1n) is 12.5. The van der Waals surface area contributed by atoms with Crippen molar-refractivity contribution in [1.82, 2.24) is 5.43 Å². The highest BCUT2D eigenvalue weighted by molar-refractivity contribution is 6.09. The lowest BCUT2D eigenvalue weighted by Crippen LogP contribution is -2.23. The summed E-state index contributed by atoms with van der Waals surface area (Å²) in [6.45, 7) is 9.85. The highest BCUT2D eigenvalue weighted by Crippen LogP contribution is 2.31. The zero-order chi connectivity index (χ0) is 26.3. The Kier molecular flexibility index (Phi) is 6.46. The van der Waals surface area contributed by atoms with Gasteiger partial charge in [-0.15, -0.1) is 0 Å². The van der Waals surface area contributed by atoms with Gasteiger partial charge in [0.05, 0.1) is 18.4 Å². The third-order valence-corrected chi connectivity index (χ3v) is 6.93. The number of nitrogens with one attached hydrogen (secondary N) is 2. The molecule has 1 aliphatic rings. The summed E-state index contributed by atoms with van der Waals surface area (Å²) in [7, 11) is 0. The van der Waals surface area contributed by atoms with Gasteiger partial charge >= 0.3 is 0 Å². The molecule has 2 amide bonds. The molecule has 2 heterocycles. The SMILES string of the molecule is Cc1ccc(C)c(NC(=O)c2oc3c(c2C)/C(=N/NC(=O)Cc2coc4cc(C)cc(C)c24)CCC3)c1. The first-order chi connectivity index (χ1) is 17.7. The average molecular weight is 498 g/mol. The van der Waals surface area contributed by atoms with E-state index in [4.69, 9.17) is 8.83 Å². The predicted octanol–water partition coefficient (Wildman–Crippen LogP) is 6.22. The van der Waals surface area contributed by atoms with Crippen LogP contribution in [0.4, 0.5) is 5.69 Å². The molecule has 37 heavy (non-hydrogen) atoms. The van der Waals surface area contributed by atoms with Gasteiger partial charge in [0, 0.05) is 34.2 Å². The van der Waals surface area contributed by atoms with Crippen molar-refractivity contribution in [3.8, 4) is 0 Å². The Bertz CT molecular complexity index is 1570. The van der Waals surface area contributed by atoms with E-state index in [-0.39, 0.29) is 24.0 Å². The first kappa shape index (κ1) is 24.6. The molecule has 2 aromatic carbocycles. The molecule has 0 saturated carbocycles. The fourth-order valence-corrected chi connectivity index (χ4v) is 5.15. The maximum atomic E-state index is 13.1. The van der Waals surface area contributed by atoms with Crippen LogP contribution in [0.5, 0.6) is 0 Å². The minimum absolute atomic E-state index is 0.161. The van der Waals surface area contributed by atoms with E-state index in [0.29, 0.717) is 6.42 Å². The minimum atomic E-state index is -0.290. The maximum Gasteiger partial charge on any atom is 0.291 e. The van der Waals surface area contributed by atoms with Crippen molar-refractivity contribution in [1.29, 1.82) is 0 Å². The number of benzene rings is 2. The topological polar surface area (TPSA) is 96.8 Å². The van der Waals surface area contributed by atoms with E-state index in [9.17, 15) is 9.59 Å². The second-order valence-corrected chi connectivity index (χ2v) is 9.97. The van der Waals surface area contributed by atoms with Gasteiger partial charge in [-0.05, 0) is 81.8 Å². The number of rotatable bonds is 5. The summed E-state index contributed by atoms with van der Waals surface area (Å²) in [5, 5.41) is 8.41. The van der Waals surface area contributed by atoms with E-state index in [1.54, 1.807) is 6.26 Å². The van der Waals surface area contributed by atoms with E-state index in [1.165, 1.54) is 0 Å². The van der Waals surface area contributed by atoms with Crippen molar-refractivity contribution in [2.24, 2.45) is 5.10 Å². The Labute approximate surface area is 215 Å². The van der Waals surface area contributed by atoms with Crippen molar-refractivity contribution in [2.75, 3.05) is 5.32 Å². The molecule has 0 spiro atoms. The Morgan fingerprint density at radius 1 is 0.973 bits per heavy atom. The summed E-state index contributed by atoms with van der Waals surface area (Å²) in [6, 6.07) is 9.99. The van der Waals surface area contributed by atoms with Crippen LogP contribution in [0.25, 0.3) is 11.0 Å². The molecule has 0 atom stereocenters. The number of furan rings is 2. The van der Waals surface area contributed by atoms with Crippen molar-refractivity contribution in [3.63, 3.8) is 0 Å². The number of amides is 2. The van der Waals surface area contributed by atoms with Crippen LogP contribution in [0, 0.1) is 34.6 Å². The van der Waals surface area contributed by atoms with Crippen LogP contribution >= 0.6 is 0 Å². The van der Waals surface area contributed by atoms with Gasteiger partial charge in [-0.2, -0.15) is 5.10 Å². The Morgan fingerprint density at radius 2 is 1.78 bits per heavy atom. The standard InChI is InChI=1S/C30H31N3O4/c1-16-9-10-18(3)23(12-16)31-30(35)29-20(5)28-22(7-6-8-24(28)37-29)32-33-26(34)14-21-15-36-25-13-17(2)11-19(4)27(21)25/h9-13,15H,6-8,14H2,1-5H3,(H,31,35)(H,33,34)/b32-22+. The van der Waals surface area contributed by atoms with Gasteiger partial charge in [0.2, 0.25) is 5.91 Å². The third kappa shape index (κ3) is 4.81. The minimum Gasteiger partial charge on any atom is -0.464 e. The summed E-state index contributed by atoms with van der Waals surface area (Å²) < 4.78 is 11.7. The fraction of sp³-hybridized carbons (Fsp3) is 0.300. The molecule has 0 fully saturated rings. The quantitative estimate of drug-likeness (QED) is 0.320. The van der Waals surface area contributed by atoms with Gasteiger partial charge in [-0.25, -0.2) is 5.43 Å². The van der Waals surface area contributed by atoms with Gasteiger partial charge < -0.3 is 14.2 Å². The van der Waals surface area contributed by atoms with E-state index < -0.39 is 0 Å². The number of nitrogens with zero attached hydrogens (tertiary/aromatic N) is 1. The summed E-state index contributed by atoms with van der Waals surface area (Å²) >= 11 is 0. The average Bonchev–Trinajstić information content (AvgIpc) is 3.41. The number of carbonyl (C=O) groups is 2. The summed E-state index contributed by atoms with van der Waals surface area (Å²) in [5.74, 6) is 0.495. The number of hydrogen-bond acceptors (Lipinski definition) is 5. The van der Waals surface area contributed by atoms with Gasteiger partial charge in [0.25, 0.3) is 5.91 Å². The van der Waals surface area contributed by atoms with Crippen LogP contribution in [0.15, 0.2) is 50.5 Å². The Morgan fingerprint density at radius 3 is 2.59 bits per heavy atom. The molecule has 0 saturated heterocycles. The van der Waals surface area contributed by atoms with Gasteiger partial charge in [0.15, 0.2) is 5.76 Å². The summed E-state index contributed by atoms with van der Waals surface area (Å²) in [5.41, 5.74) is 11.6. The highest BCUT2D eigenvalue weighted by atomic mass is 16.4. The molecule has 0 radical (unpaired) electrons. The number of fused-ring (bicyclic) bond motifs is 2. The molecule has 5 rings (SSSR count). The molecule has 4 aromatic rings.